The summed E-state index contributed by atoms with van der Waals surface area (Å²) in [6.45, 7) is 0. The van der Waals surface area contributed by atoms with Gasteiger partial charge in [-0.3, -0.25) is 19.4 Å². The van der Waals surface area contributed by atoms with Gasteiger partial charge in [-0.05, 0) is 29.5 Å². The predicted octanol–water partition coefficient (Wildman–Crippen LogP) is 3.33. The first-order valence-corrected chi connectivity index (χ1v) is 8.02. The molecule has 4 rings (SSSR count). The van der Waals surface area contributed by atoms with Crippen molar-refractivity contribution in [3.63, 3.8) is 0 Å². The Hall–Kier alpha value is -3.39. The van der Waals surface area contributed by atoms with Gasteiger partial charge in [0.15, 0.2) is 11.6 Å². The lowest BCUT2D eigenvalue weighted by Crippen LogP contribution is -2.20. The molecule has 1 aliphatic rings. The highest BCUT2D eigenvalue weighted by atomic mass is 32.1. The summed E-state index contributed by atoms with van der Waals surface area (Å²) in [5.74, 6) is -0.830. The second kappa shape index (κ2) is 5.60. The Morgan fingerprint density at radius 3 is 2.12 bits per heavy atom. The first kappa shape index (κ1) is 15.2. The quantitative estimate of drug-likeness (QED) is 0.539. The molecule has 0 radical (unpaired) electrons. The Morgan fingerprint density at radius 2 is 1.48 bits per heavy atom. The predicted molar refractivity (Wildman–Crippen MR) is 90.5 cm³/mol. The van der Waals surface area contributed by atoms with E-state index < -0.39 is 4.87 Å². The van der Waals surface area contributed by atoms with Crippen molar-refractivity contribution in [3.8, 4) is 5.88 Å². The fourth-order valence-electron chi connectivity index (χ4n) is 2.63. The number of benzene rings is 2. The van der Waals surface area contributed by atoms with Gasteiger partial charge in [0.05, 0.1) is 5.69 Å². The lowest BCUT2D eigenvalue weighted by Gasteiger charge is -2.17. The largest absolute Gasteiger partial charge is 0.492 e. The number of ketones is 2. The molecule has 0 fully saturated rings. The number of aromatic hydroxyl groups is 1. The normalized spacial score (nSPS) is 13.1. The lowest BCUT2D eigenvalue weighted by atomic mass is 9.84. The highest BCUT2D eigenvalue weighted by molar-refractivity contribution is 7.13. The molecule has 3 aromatic rings. The van der Waals surface area contributed by atoms with Crippen LogP contribution in [0.1, 0.15) is 31.8 Å². The molecule has 2 aromatic carbocycles. The van der Waals surface area contributed by atoms with E-state index in [0.717, 1.165) is 0 Å². The summed E-state index contributed by atoms with van der Waals surface area (Å²) >= 11 is 0.711. The van der Waals surface area contributed by atoms with Crippen molar-refractivity contribution >= 4 is 33.6 Å². The number of nitrogens with one attached hydrogen (secondary N) is 1. The molecule has 1 aliphatic carbocycles. The van der Waals surface area contributed by atoms with E-state index in [1.165, 1.54) is 12.1 Å². The molecule has 0 spiro atoms. The van der Waals surface area contributed by atoms with Gasteiger partial charge < -0.3 is 5.11 Å². The van der Waals surface area contributed by atoms with Crippen LogP contribution in [0.2, 0.25) is 0 Å². The molecule has 2 N–H and O–H groups in total. The second-order valence-corrected chi connectivity index (χ2v) is 6.26. The van der Waals surface area contributed by atoms with Gasteiger partial charge in [0, 0.05) is 22.3 Å². The molecule has 0 amide bonds. The maximum Gasteiger partial charge on any atom is 0.309 e. The minimum absolute atomic E-state index is 0.0375. The Labute approximate surface area is 144 Å². The molecule has 0 bridgehead atoms. The number of fused-ring (bicyclic) bond motifs is 2. The molecule has 0 atom stereocenters. The fourth-order valence-corrected chi connectivity index (χ4v) is 3.18. The van der Waals surface area contributed by atoms with Gasteiger partial charge in [-0.25, -0.2) is 0 Å². The molecule has 25 heavy (non-hydrogen) atoms. The number of azo groups is 1. The highest BCUT2D eigenvalue weighted by Crippen LogP contribution is 2.32. The smallest absolute Gasteiger partial charge is 0.309 e. The summed E-state index contributed by atoms with van der Waals surface area (Å²) in [5.41, 5.74) is 1.65. The van der Waals surface area contributed by atoms with Crippen LogP contribution in [0.3, 0.4) is 0 Å². The third-order valence-corrected chi connectivity index (χ3v) is 4.53. The molecule has 0 aliphatic heterocycles. The Bertz CT molecular complexity index is 1130. The van der Waals surface area contributed by atoms with Crippen molar-refractivity contribution in [2.45, 2.75) is 0 Å². The van der Waals surface area contributed by atoms with Gasteiger partial charge in [0.1, 0.15) is 0 Å². The Morgan fingerprint density at radius 1 is 0.840 bits per heavy atom. The minimum Gasteiger partial charge on any atom is -0.492 e. The second-order valence-electron chi connectivity index (χ2n) is 5.30. The molecule has 8 heteroatoms. The fraction of sp³-hybridized carbons (Fsp3) is 0. The molecule has 7 nitrogen and oxygen atoms in total. The van der Waals surface area contributed by atoms with Crippen molar-refractivity contribution in [3.05, 3.63) is 74.4 Å². The van der Waals surface area contributed by atoms with E-state index in [9.17, 15) is 19.5 Å². The number of hydrogen-bond acceptors (Lipinski definition) is 7. The van der Waals surface area contributed by atoms with E-state index in [0.29, 0.717) is 33.7 Å². The van der Waals surface area contributed by atoms with Crippen LogP contribution in [0.4, 0.5) is 10.7 Å². The molecule has 0 saturated carbocycles. The van der Waals surface area contributed by atoms with Gasteiger partial charge in [0.25, 0.3) is 0 Å². The van der Waals surface area contributed by atoms with E-state index in [1.54, 1.807) is 30.3 Å². The SMILES string of the molecule is O=C1c2ccccc2C(=O)c2cc(N=Nc3sc(=O)[nH]c3O)ccc21. The average molecular weight is 351 g/mol. The van der Waals surface area contributed by atoms with Crippen LogP contribution in [-0.4, -0.2) is 21.7 Å². The summed E-state index contributed by atoms with van der Waals surface area (Å²) in [4.78, 5) is 38.0. The third-order valence-electron chi connectivity index (χ3n) is 3.78. The summed E-state index contributed by atoms with van der Waals surface area (Å²) in [6, 6.07) is 11.2. The number of aromatic amines is 1. The summed E-state index contributed by atoms with van der Waals surface area (Å²) in [5, 5.41) is 17.3. The number of carbonyl (C=O) groups excluding carboxylic acids is 2. The molecule has 1 aromatic heterocycles. The van der Waals surface area contributed by atoms with E-state index in [2.05, 4.69) is 15.2 Å². The zero-order valence-corrected chi connectivity index (χ0v) is 13.3. The van der Waals surface area contributed by atoms with Crippen molar-refractivity contribution in [1.29, 1.82) is 0 Å². The number of rotatable bonds is 2. The topological polar surface area (TPSA) is 112 Å². The van der Waals surface area contributed by atoms with Crippen LogP contribution in [0.25, 0.3) is 0 Å². The minimum atomic E-state index is -0.450. The van der Waals surface area contributed by atoms with E-state index in [4.69, 9.17) is 0 Å². The van der Waals surface area contributed by atoms with Crippen molar-refractivity contribution in [1.82, 2.24) is 4.98 Å². The number of aromatic nitrogens is 1. The maximum absolute atomic E-state index is 12.6. The number of nitrogens with zero attached hydrogens (tertiary/aromatic N) is 2. The third kappa shape index (κ3) is 2.48. The van der Waals surface area contributed by atoms with Crippen molar-refractivity contribution in [2.24, 2.45) is 10.2 Å². The molecular weight excluding hydrogens is 342 g/mol. The van der Waals surface area contributed by atoms with Gasteiger partial charge >= 0.3 is 4.87 Å². The van der Waals surface area contributed by atoms with E-state index in [1.807, 2.05) is 0 Å². The molecule has 0 saturated heterocycles. The maximum atomic E-state index is 12.6. The number of thiazole rings is 1. The van der Waals surface area contributed by atoms with Gasteiger partial charge in [-0.15, -0.1) is 10.2 Å². The van der Waals surface area contributed by atoms with Crippen molar-refractivity contribution < 1.29 is 14.7 Å². The van der Waals surface area contributed by atoms with Gasteiger partial charge in [-0.2, -0.15) is 0 Å². The van der Waals surface area contributed by atoms with Gasteiger partial charge in [0.2, 0.25) is 10.9 Å². The van der Waals surface area contributed by atoms with Crippen LogP contribution >= 0.6 is 11.3 Å². The summed E-state index contributed by atoms with van der Waals surface area (Å²) in [6.07, 6.45) is 0. The number of H-pyrrole nitrogens is 1. The zero-order chi connectivity index (χ0) is 17.6. The van der Waals surface area contributed by atoms with Crippen LogP contribution in [0.15, 0.2) is 57.5 Å². The first-order chi connectivity index (χ1) is 12.0. The van der Waals surface area contributed by atoms with Gasteiger partial charge in [-0.1, -0.05) is 24.3 Å². The van der Waals surface area contributed by atoms with E-state index >= 15 is 0 Å². The Kier molecular flexibility index (Phi) is 3.40. The summed E-state index contributed by atoms with van der Waals surface area (Å²) < 4.78 is 0. The summed E-state index contributed by atoms with van der Waals surface area (Å²) in [7, 11) is 0. The van der Waals surface area contributed by atoms with Crippen LogP contribution in [-0.2, 0) is 0 Å². The number of hydrogen-bond donors (Lipinski definition) is 2. The average Bonchev–Trinajstić information content (AvgIpc) is 2.95. The van der Waals surface area contributed by atoms with Crippen LogP contribution < -0.4 is 4.87 Å². The molecule has 122 valence electrons. The Balaban J connectivity index is 1.75. The zero-order valence-electron chi connectivity index (χ0n) is 12.5. The molecule has 1 heterocycles. The van der Waals surface area contributed by atoms with E-state index in [-0.39, 0.29) is 28.0 Å². The van der Waals surface area contributed by atoms with Crippen LogP contribution in [0.5, 0.6) is 5.88 Å². The van der Waals surface area contributed by atoms with Crippen molar-refractivity contribution in [2.75, 3.05) is 0 Å². The standard InChI is InChI=1S/C17H9N3O4S/c21-13-9-3-1-2-4-10(9)14(22)12-7-8(5-6-11(12)13)19-20-16-15(23)18-17(24)25-16/h1-7,23H,(H,18,24). The molecular formula is C17H9N3O4S. The highest BCUT2D eigenvalue weighted by Gasteiger charge is 2.29. The molecule has 0 unspecified atom stereocenters. The lowest BCUT2D eigenvalue weighted by molar-refractivity contribution is 0.0979. The van der Waals surface area contributed by atoms with Crippen LogP contribution in [0, 0.1) is 0 Å². The first-order valence-electron chi connectivity index (χ1n) is 7.21. The number of carbonyl (C=O) groups is 2. The monoisotopic (exact) mass is 351 g/mol.